The van der Waals surface area contributed by atoms with Crippen molar-refractivity contribution in [3.05, 3.63) is 60.3 Å². The highest BCUT2D eigenvalue weighted by Gasteiger charge is 2.36. The lowest BCUT2D eigenvalue weighted by molar-refractivity contribution is 0.348. The molecule has 3 fully saturated rings. The minimum Gasteiger partial charge on any atom is -0.505 e. The van der Waals surface area contributed by atoms with E-state index in [1.165, 1.54) is 30.6 Å². The number of benzene rings is 2. The number of nitrogens with two attached hydrogens (primary N) is 1. The number of nitrogens with zero attached hydrogens (tertiary/aromatic N) is 5. The van der Waals surface area contributed by atoms with Crippen LogP contribution in [-0.4, -0.2) is 52.2 Å². The van der Waals surface area contributed by atoms with Crippen LogP contribution in [-0.2, 0) is 0 Å². The van der Waals surface area contributed by atoms with Gasteiger partial charge in [0.1, 0.15) is 42.3 Å². The number of aromatic nitrogens is 2. The molecule has 2 saturated carbocycles. The molecule has 4 aromatic heterocycles. The van der Waals surface area contributed by atoms with Crippen molar-refractivity contribution < 1.29 is 24.1 Å². The number of methoxy groups -OCH3 is 2. The van der Waals surface area contributed by atoms with Gasteiger partial charge >= 0.3 is 0 Å². The van der Waals surface area contributed by atoms with E-state index in [2.05, 4.69) is 23.3 Å². The first-order valence-corrected chi connectivity index (χ1v) is 19.3. The van der Waals surface area contributed by atoms with Crippen LogP contribution in [0.3, 0.4) is 0 Å². The zero-order valence-electron chi connectivity index (χ0n) is 30.0. The van der Waals surface area contributed by atoms with Gasteiger partial charge < -0.3 is 39.5 Å². The third-order valence-corrected chi connectivity index (χ3v) is 13.0. The fraction of sp³-hybridized carbons (Fsp3) is 0.385. The largest absolute Gasteiger partial charge is 0.505 e. The lowest BCUT2D eigenvalue weighted by Gasteiger charge is -2.28. The summed E-state index contributed by atoms with van der Waals surface area (Å²) >= 11 is 2.22. The Morgan fingerprint density at radius 3 is 1.72 bits per heavy atom. The third-order valence-electron chi connectivity index (χ3n) is 10.8. The zero-order valence-corrected chi connectivity index (χ0v) is 31.7. The number of thiophene rings is 2. The van der Waals surface area contributed by atoms with Gasteiger partial charge in [-0.25, -0.2) is 4.39 Å². The quantitative estimate of drug-likeness (QED) is 0.160. The smallest absolute Gasteiger partial charge is 0.202 e. The maximum atomic E-state index is 14.1. The van der Waals surface area contributed by atoms with E-state index >= 15 is 0 Å². The molecule has 5 heterocycles. The molecule has 4 N–H and O–H groups in total. The monoisotopic (exact) mass is 768 g/mol. The van der Waals surface area contributed by atoms with Gasteiger partial charge in [-0.3, -0.25) is 9.59 Å². The molecule has 9 rings (SSSR count). The lowest BCUT2D eigenvalue weighted by atomic mass is 9.88. The second-order valence-electron chi connectivity index (χ2n) is 14.7. The van der Waals surface area contributed by atoms with Gasteiger partial charge in [0.2, 0.25) is 10.9 Å². The van der Waals surface area contributed by atoms with Gasteiger partial charge in [-0.15, -0.1) is 22.7 Å². The van der Waals surface area contributed by atoms with Crippen molar-refractivity contribution in [1.82, 2.24) is 9.13 Å². The molecule has 3 aliphatic rings. The molecular weight excluding hydrogens is 732 g/mol. The van der Waals surface area contributed by atoms with Crippen molar-refractivity contribution in [3.8, 4) is 35.1 Å². The normalized spacial score (nSPS) is 17.2. The second-order valence-corrected chi connectivity index (χ2v) is 16.7. The summed E-state index contributed by atoms with van der Waals surface area (Å²) in [7, 11) is 2.99. The SMILES string of the molecule is COc1c(F)ccc2c(=O)c3c(O)c(C#N)sc3n(C3CC3)c12.COc1c(N2CC[C@@H](C(C)(C)N)C2)ccc2c(=O)c3c(O)c(C#N)sc3n(C3CC3)c12. The van der Waals surface area contributed by atoms with Crippen LogP contribution in [0.25, 0.3) is 42.2 Å². The number of aromatic hydroxyl groups is 2. The summed E-state index contributed by atoms with van der Waals surface area (Å²) in [5, 5.41) is 40.5. The van der Waals surface area contributed by atoms with Gasteiger partial charge in [-0.1, -0.05) is 0 Å². The van der Waals surface area contributed by atoms with E-state index < -0.39 is 11.2 Å². The fourth-order valence-corrected chi connectivity index (χ4v) is 9.87. The van der Waals surface area contributed by atoms with E-state index in [-0.39, 0.29) is 66.2 Å². The highest BCUT2D eigenvalue weighted by atomic mass is 32.1. The van der Waals surface area contributed by atoms with Crippen LogP contribution in [0.5, 0.6) is 23.0 Å². The van der Waals surface area contributed by atoms with Crippen molar-refractivity contribution in [1.29, 1.82) is 10.5 Å². The van der Waals surface area contributed by atoms with Gasteiger partial charge in [0, 0.05) is 30.7 Å². The number of anilines is 1. The van der Waals surface area contributed by atoms with Crippen LogP contribution in [0.1, 0.15) is 67.8 Å². The zero-order chi connectivity index (χ0) is 38.4. The predicted molar refractivity (Wildman–Crippen MR) is 208 cm³/mol. The number of ether oxygens (including phenoxy) is 2. The number of fused-ring (bicyclic) bond motifs is 4. The highest BCUT2D eigenvalue weighted by Crippen LogP contribution is 2.49. The van der Waals surface area contributed by atoms with Crippen LogP contribution < -0.4 is 31.0 Å². The maximum absolute atomic E-state index is 14.1. The molecule has 0 radical (unpaired) electrons. The number of pyridine rings is 2. The first-order valence-electron chi connectivity index (χ1n) is 17.6. The minimum absolute atomic E-state index is 0.0137. The van der Waals surface area contributed by atoms with Gasteiger partial charge in [0.25, 0.3) is 0 Å². The van der Waals surface area contributed by atoms with Crippen LogP contribution in [0.2, 0.25) is 0 Å². The first kappa shape index (κ1) is 35.7. The molecule has 2 aromatic carbocycles. The average Bonchev–Trinajstić information content (AvgIpc) is 4.06. The Labute approximate surface area is 316 Å². The molecule has 54 heavy (non-hydrogen) atoms. The van der Waals surface area contributed by atoms with Crippen LogP contribution in [0.15, 0.2) is 33.9 Å². The van der Waals surface area contributed by atoms with Crippen molar-refractivity contribution in [2.24, 2.45) is 11.7 Å². The molecule has 1 saturated heterocycles. The van der Waals surface area contributed by atoms with Crippen molar-refractivity contribution in [3.63, 3.8) is 0 Å². The molecule has 6 aromatic rings. The van der Waals surface area contributed by atoms with Crippen molar-refractivity contribution in [2.75, 3.05) is 32.2 Å². The molecule has 12 nitrogen and oxygen atoms in total. The van der Waals surface area contributed by atoms with Crippen LogP contribution in [0, 0.1) is 34.4 Å². The van der Waals surface area contributed by atoms with E-state index in [1.807, 2.05) is 28.8 Å². The van der Waals surface area contributed by atoms with Gasteiger partial charge in [0.05, 0.1) is 41.7 Å². The lowest BCUT2D eigenvalue weighted by Crippen LogP contribution is -2.42. The second kappa shape index (κ2) is 12.9. The van der Waals surface area contributed by atoms with Crippen molar-refractivity contribution in [2.45, 2.75) is 63.6 Å². The number of nitriles is 2. The Morgan fingerprint density at radius 2 is 1.30 bits per heavy atom. The van der Waals surface area contributed by atoms with Gasteiger partial charge in [-0.2, -0.15) is 10.5 Å². The molecule has 1 atom stereocenters. The summed E-state index contributed by atoms with van der Waals surface area (Å²) in [5.41, 5.74) is 7.53. The van der Waals surface area contributed by atoms with Crippen molar-refractivity contribution >= 4 is 70.6 Å². The Hall–Kier alpha value is -5.35. The summed E-state index contributed by atoms with van der Waals surface area (Å²) < 4.78 is 29.2. The molecule has 1 aliphatic heterocycles. The fourth-order valence-electron chi connectivity index (χ4n) is 7.74. The van der Waals surface area contributed by atoms with E-state index in [9.17, 15) is 29.5 Å². The number of hydrogen-bond donors (Lipinski definition) is 3. The molecule has 278 valence electrons. The Bertz CT molecular complexity index is 2760. The Balaban J connectivity index is 0.000000160. The van der Waals surface area contributed by atoms with Gasteiger partial charge in [-0.05, 0) is 76.1 Å². The molecule has 15 heteroatoms. The predicted octanol–water partition coefficient (Wildman–Crippen LogP) is 6.98. The number of rotatable bonds is 6. The minimum atomic E-state index is -0.547. The standard InChI is InChI=1S/C23H26N4O3S.C16H11FN2O3S/c1-23(2,25)12-8-9-26(11-12)15-7-6-14-18(21(15)30-3)27(13-4-5-13)22-17(19(14)28)20(29)16(10-24)31-22;1-22-15-9(17)5-4-8-12(15)19(7-2-3-7)16-11(13(8)20)14(21)10(6-18)23-16/h6-7,12-13,29H,4-5,8-9,11,25H2,1-3H3;4-5,7,21H,2-3H2,1H3/t12-;/m1./s1. The molecule has 0 bridgehead atoms. The van der Waals surface area contributed by atoms with E-state index in [1.54, 1.807) is 7.11 Å². The summed E-state index contributed by atoms with van der Waals surface area (Å²) in [6.45, 7) is 5.84. The molecule has 2 aliphatic carbocycles. The molecular formula is C39H37FN6O6S2. The molecule has 0 spiro atoms. The summed E-state index contributed by atoms with van der Waals surface area (Å²) in [4.78, 5) is 29.8. The molecule has 0 unspecified atom stereocenters. The topological polar surface area (TPSA) is 180 Å². The van der Waals surface area contributed by atoms with Crippen LogP contribution in [0.4, 0.5) is 10.1 Å². The summed E-state index contributed by atoms with van der Waals surface area (Å²) in [6.07, 6.45) is 4.78. The highest BCUT2D eigenvalue weighted by molar-refractivity contribution is 7.20. The Kier molecular flexibility index (Phi) is 8.52. The van der Waals surface area contributed by atoms with Crippen LogP contribution >= 0.6 is 22.7 Å². The number of halogens is 1. The van der Waals surface area contributed by atoms with Gasteiger partial charge in [0.15, 0.2) is 28.8 Å². The first-order chi connectivity index (χ1) is 25.8. The average molecular weight is 769 g/mol. The number of hydrogen-bond acceptors (Lipinski definition) is 12. The summed E-state index contributed by atoms with van der Waals surface area (Å²) in [5.74, 6) is 0.00411. The summed E-state index contributed by atoms with van der Waals surface area (Å²) in [6, 6.07) is 10.6. The van der Waals surface area contributed by atoms with E-state index in [0.717, 1.165) is 67.7 Å². The van der Waals surface area contributed by atoms with E-state index in [4.69, 9.17) is 20.5 Å². The third kappa shape index (κ3) is 5.44. The maximum Gasteiger partial charge on any atom is 0.202 e. The Morgan fingerprint density at radius 1 is 0.815 bits per heavy atom. The molecule has 0 amide bonds. The van der Waals surface area contributed by atoms with E-state index in [0.29, 0.717) is 32.2 Å².